The van der Waals surface area contributed by atoms with Crippen LogP contribution in [0.5, 0.6) is 0 Å². The lowest BCUT2D eigenvalue weighted by Gasteiger charge is -1.99. The van der Waals surface area contributed by atoms with Gasteiger partial charge in [0, 0.05) is 4.47 Å². The van der Waals surface area contributed by atoms with E-state index in [0.29, 0.717) is 0 Å². The summed E-state index contributed by atoms with van der Waals surface area (Å²) in [5, 5.41) is 0. The molecular weight excluding hydrogens is 296 g/mol. The number of hydrogen-bond acceptors (Lipinski definition) is 0. The van der Waals surface area contributed by atoms with Crippen LogP contribution >= 0.6 is 15.9 Å². The summed E-state index contributed by atoms with van der Waals surface area (Å²) in [4.78, 5) is 0. The van der Waals surface area contributed by atoms with Crippen LogP contribution in [0.25, 0.3) is 0 Å². The van der Waals surface area contributed by atoms with E-state index in [0.717, 1.165) is 17.3 Å². The third-order valence-electron chi connectivity index (χ3n) is 3.40. The number of halogens is 1. The van der Waals surface area contributed by atoms with Crippen molar-refractivity contribution in [2.45, 2.75) is 64.7 Å². The monoisotopic (exact) mass is 322 g/mol. The summed E-state index contributed by atoms with van der Waals surface area (Å²) in [5.41, 5.74) is 1.42. The van der Waals surface area contributed by atoms with Crippen molar-refractivity contribution in [2.24, 2.45) is 0 Å². The zero-order valence-electron chi connectivity index (χ0n) is 12.2. The van der Waals surface area contributed by atoms with Gasteiger partial charge >= 0.3 is 0 Å². The molecule has 0 aromatic heterocycles. The number of hydrogen-bond donors (Lipinski definition) is 0. The standard InChI is InChI=1S/C18H27Br/c1-2-3-4-5-6-7-8-9-10-11-12-17-13-15-18(19)16-14-17/h9-10,13-16H,2-8,11-12H2,1H3/b10-9+. The third-order valence-corrected chi connectivity index (χ3v) is 3.93. The van der Waals surface area contributed by atoms with Crippen LogP contribution in [-0.4, -0.2) is 0 Å². The van der Waals surface area contributed by atoms with Gasteiger partial charge in [0.2, 0.25) is 0 Å². The molecule has 0 N–H and O–H groups in total. The molecule has 0 aliphatic rings. The van der Waals surface area contributed by atoms with Crippen LogP contribution < -0.4 is 0 Å². The number of rotatable bonds is 10. The van der Waals surface area contributed by atoms with Crippen molar-refractivity contribution in [3.8, 4) is 0 Å². The molecule has 0 nitrogen and oxygen atoms in total. The van der Waals surface area contributed by atoms with Gasteiger partial charge in [-0.3, -0.25) is 0 Å². The molecule has 1 aromatic carbocycles. The lowest BCUT2D eigenvalue weighted by molar-refractivity contribution is 0.611. The molecule has 0 radical (unpaired) electrons. The Bertz CT molecular complexity index is 337. The molecule has 0 saturated carbocycles. The summed E-state index contributed by atoms with van der Waals surface area (Å²) in [5.74, 6) is 0. The Morgan fingerprint density at radius 3 is 2.21 bits per heavy atom. The average Bonchev–Trinajstić information content (AvgIpc) is 2.43. The Labute approximate surface area is 127 Å². The quantitative estimate of drug-likeness (QED) is 0.332. The second-order valence-corrected chi connectivity index (χ2v) is 6.11. The number of allylic oxidation sites excluding steroid dienone is 2. The van der Waals surface area contributed by atoms with Crippen molar-refractivity contribution in [1.82, 2.24) is 0 Å². The second-order valence-electron chi connectivity index (χ2n) is 5.19. The Kier molecular flexibility index (Phi) is 9.79. The topological polar surface area (TPSA) is 0 Å². The minimum atomic E-state index is 1.15. The zero-order valence-corrected chi connectivity index (χ0v) is 13.8. The third kappa shape index (κ3) is 9.04. The van der Waals surface area contributed by atoms with E-state index in [9.17, 15) is 0 Å². The molecule has 1 aromatic rings. The van der Waals surface area contributed by atoms with Crippen LogP contribution in [-0.2, 0) is 6.42 Å². The maximum Gasteiger partial charge on any atom is 0.0175 e. The fourth-order valence-corrected chi connectivity index (χ4v) is 2.44. The first-order chi connectivity index (χ1) is 9.33. The fraction of sp³-hybridized carbons (Fsp3) is 0.556. The number of unbranched alkanes of at least 4 members (excludes halogenated alkanes) is 6. The van der Waals surface area contributed by atoms with Gasteiger partial charge < -0.3 is 0 Å². The van der Waals surface area contributed by atoms with Crippen molar-refractivity contribution in [3.63, 3.8) is 0 Å². The van der Waals surface area contributed by atoms with E-state index in [1.165, 1.54) is 50.5 Å². The van der Waals surface area contributed by atoms with E-state index in [1.54, 1.807) is 0 Å². The molecule has 0 bridgehead atoms. The van der Waals surface area contributed by atoms with Gasteiger partial charge in [0.15, 0.2) is 0 Å². The zero-order chi connectivity index (χ0) is 13.8. The molecule has 1 rings (SSSR count). The highest BCUT2D eigenvalue weighted by atomic mass is 79.9. The molecule has 0 fully saturated rings. The SMILES string of the molecule is CCCCCCCC/C=C/CCc1ccc(Br)cc1. The highest BCUT2D eigenvalue weighted by Gasteiger charge is 1.91. The molecule has 0 aliphatic heterocycles. The lowest BCUT2D eigenvalue weighted by Crippen LogP contribution is -1.82. The van der Waals surface area contributed by atoms with E-state index in [1.807, 2.05) is 0 Å². The molecule has 0 amide bonds. The molecule has 106 valence electrons. The van der Waals surface area contributed by atoms with Crippen molar-refractivity contribution >= 4 is 15.9 Å². The number of aryl methyl sites for hydroxylation is 1. The van der Waals surface area contributed by atoms with Gasteiger partial charge in [0.25, 0.3) is 0 Å². The minimum absolute atomic E-state index is 1.15. The van der Waals surface area contributed by atoms with Crippen molar-refractivity contribution in [3.05, 3.63) is 46.5 Å². The lowest BCUT2D eigenvalue weighted by atomic mass is 10.1. The highest BCUT2D eigenvalue weighted by molar-refractivity contribution is 9.10. The van der Waals surface area contributed by atoms with Gasteiger partial charge in [-0.05, 0) is 43.4 Å². The average molecular weight is 323 g/mol. The van der Waals surface area contributed by atoms with E-state index in [-0.39, 0.29) is 0 Å². The molecule has 0 aliphatic carbocycles. The Morgan fingerprint density at radius 2 is 1.47 bits per heavy atom. The van der Waals surface area contributed by atoms with Crippen LogP contribution in [0.1, 0.15) is 63.9 Å². The molecular formula is C18H27Br. The fourth-order valence-electron chi connectivity index (χ4n) is 2.18. The van der Waals surface area contributed by atoms with E-state index in [2.05, 4.69) is 59.3 Å². The summed E-state index contributed by atoms with van der Waals surface area (Å²) >= 11 is 3.46. The first-order valence-corrected chi connectivity index (χ1v) is 8.51. The molecule has 0 saturated heterocycles. The Balaban J connectivity index is 1.97. The predicted molar refractivity (Wildman–Crippen MR) is 89.6 cm³/mol. The molecule has 19 heavy (non-hydrogen) atoms. The van der Waals surface area contributed by atoms with E-state index in [4.69, 9.17) is 0 Å². The van der Waals surface area contributed by atoms with Gasteiger partial charge in [-0.15, -0.1) is 0 Å². The second kappa shape index (κ2) is 11.3. The summed E-state index contributed by atoms with van der Waals surface area (Å²) in [6.07, 6.45) is 16.6. The normalized spacial score (nSPS) is 11.3. The van der Waals surface area contributed by atoms with Crippen molar-refractivity contribution in [2.75, 3.05) is 0 Å². The van der Waals surface area contributed by atoms with E-state index < -0.39 is 0 Å². The Hall–Kier alpha value is -0.560. The summed E-state index contributed by atoms with van der Waals surface area (Å²) < 4.78 is 1.16. The molecule has 0 atom stereocenters. The van der Waals surface area contributed by atoms with Gasteiger partial charge in [-0.2, -0.15) is 0 Å². The van der Waals surface area contributed by atoms with Crippen molar-refractivity contribution in [1.29, 1.82) is 0 Å². The van der Waals surface area contributed by atoms with E-state index >= 15 is 0 Å². The maximum atomic E-state index is 3.46. The number of benzene rings is 1. The van der Waals surface area contributed by atoms with Crippen molar-refractivity contribution < 1.29 is 0 Å². The summed E-state index contributed by atoms with van der Waals surface area (Å²) in [7, 11) is 0. The van der Waals surface area contributed by atoms with Gasteiger partial charge in [-0.25, -0.2) is 0 Å². The van der Waals surface area contributed by atoms with Crippen LogP contribution in [0.3, 0.4) is 0 Å². The van der Waals surface area contributed by atoms with Crippen LogP contribution in [0.15, 0.2) is 40.9 Å². The Morgan fingerprint density at radius 1 is 0.842 bits per heavy atom. The predicted octanol–water partition coefficient (Wildman–Crippen LogP) is 6.69. The smallest absolute Gasteiger partial charge is 0.0175 e. The largest absolute Gasteiger partial charge is 0.0885 e. The molecule has 0 heterocycles. The van der Waals surface area contributed by atoms with Crippen LogP contribution in [0, 0.1) is 0 Å². The minimum Gasteiger partial charge on any atom is -0.0885 e. The van der Waals surface area contributed by atoms with Gasteiger partial charge in [0.05, 0.1) is 0 Å². The van der Waals surface area contributed by atoms with Crippen LogP contribution in [0.4, 0.5) is 0 Å². The van der Waals surface area contributed by atoms with Gasteiger partial charge in [0.1, 0.15) is 0 Å². The summed E-state index contributed by atoms with van der Waals surface area (Å²) in [6, 6.07) is 8.64. The highest BCUT2D eigenvalue weighted by Crippen LogP contribution is 2.12. The maximum absolute atomic E-state index is 3.46. The summed E-state index contributed by atoms with van der Waals surface area (Å²) in [6.45, 7) is 2.27. The van der Waals surface area contributed by atoms with Crippen LogP contribution in [0.2, 0.25) is 0 Å². The molecule has 0 spiro atoms. The van der Waals surface area contributed by atoms with Gasteiger partial charge in [-0.1, -0.05) is 79.2 Å². The molecule has 0 unspecified atom stereocenters. The first kappa shape index (κ1) is 16.5. The first-order valence-electron chi connectivity index (χ1n) is 7.72. The molecule has 1 heteroatoms.